The fraction of sp³-hybridized carbons (Fsp3) is 0.250. The maximum absolute atomic E-state index is 14.1. The van der Waals surface area contributed by atoms with E-state index < -0.39 is 28.5 Å². The molecule has 2 N–H and O–H groups in total. The van der Waals surface area contributed by atoms with Crippen LogP contribution in [0.2, 0.25) is 0 Å². The average molecular weight is 615 g/mol. The van der Waals surface area contributed by atoms with E-state index in [1.807, 2.05) is 57.9 Å². The zero-order valence-corrected chi connectivity index (χ0v) is 25.1. The minimum atomic E-state index is -4.41. The molecule has 0 aliphatic carbocycles. The standard InChI is InChI=1S/C28H30N4O6S3/c1-31(27(33)24(32(2)28(34)38-3)17-19-8-5-4-6-9-19)23(22-18-40-26(29-22)25-10-7-15-39-25)16-20-11-13-21(14-12-20)30-41(35,36)37/h4-15,18,23-24,30H,16-17H2,1-3H3,(H,35,36,37)/t23-,24-/m0/s1. The van der Waals surface area contributed by atoms with Gasteiger partial charge in [0.25, 0.3) is 0 Å². The van der Waals surface area contributed by atoms with Crippen LogP contribution in [0.5, 0.6) is 0 Å². The lowest BCUT2D eigenvalue weighted by molar-refractivity contribution is -0.137. The number of anilines is 1. The van der Waals surface area contributed by atoms with Gasteiger partial charge in [0.1, 0.15) is 11.0 Å². The third-order valence-electron chi connectivity index (χ3n) is 6.53. The van der Waals surface area contributed by atoms with Gasteiger partial charge in [-0.3, -0.25) is 19.0 Å². The van der Waals surface area contributed by atoms with Gasteiger partial charge in [-0.15, -0.1) is 22.7 Å². The number of aromatic nitrogens is 1. The summed E-state index contributed by atoms with van der Waals surface area (Å²) in [6, 6.07) is 18.5. The molecule has 0 spiro atoms. The molecular weight excluding hydrogens is 585 g/mol. The summed E-state index contributed by atoms with van der Waals surface area (Å²) >= 11 is 3.06. The molecule has 0 unspecified atom stereocenters. The van der Waals surface area contributed by atoms with Crippen molar-refractivity contribution in [2.24, 2.45) is 0 Å². The molecule has 0 aliphatic heterocycles. The number of amides is 2. The number of thiazole rings is 1. The predicted octanol–water partition coefficient (Wildman–Crippen LogP) is 5.14. The average Bonchev–Trinajstić information content (AvgIpc) is 3.66. The summed E-state index contributed by atoms with van der Waals surface area (Å²) < 4.78 is 38.4. The van der Waals surface area contributed by atoms with Crippen LogP contribution in [0.3, 0.4) is 0 Å². The highest BCUT2D eigenvalue weighted by molar-refractivity contribution is 7.87. The summed E-state index contributed by atoms with van der Waals surface area (Å²) in [4.78, 5) is 35.4. The van der Waals surface area contributed by atoms with E-state index in [9.17, 15) is 18.0 Å². The molecule has 10 nitrogen and oxygen atoms in total. The number of thiophene rings is 1. The third kappa shape index (κ3) is 7.91. The van der Waals surface area contributed by atoms with E-state index in [4.69, 9.17) is 14.3 Å². The number of likely N-dealkylation sites (N-methyl/N-ethyl adjacent to an activating group) is 2. The first kappa shape index (κ1) is 30.2. The molecule has 41 heavy (non-hydrogen) atoms. The molecule has 216 valence electrons. The molecule has 13 heteroatoms. The van der Waals surface area contributed by atoms with E-state index in [0.29, 0.717) is 12.1 Å². The van der Waals surface area contributed by atoms with E-state index in [1.165, 1.54) is 35.5 Å². The minimum Gasteiger partial charge on any atom is -0.453 e. The van der Waals surface area contributed by atoms with Crippen molar-refractivity contribution in [3.63, 3.8) is 0 Å². The van der Waals surface area contributed by atoms with Crippen LogP contribution >= 0.6 is 22.7 Å². The van der Waals surface area contributed by atoms with Gasteiger partial charge < -0.3 is 9.64 Å². The van der Waals surface area contributed by atoms with Crippen molar-refractivity contribution in [2.75, 3.05) is 25.9 Å². The number of carbonyl (C=O) groups is 2. The molecule has 4 rings (SSSR count). The maximum Gasteiger partial charge on any atom is 0.409 e. The Morgan fingerprint density at radius 3 is 2.24 bits per heavy atom. The number of nitrogens with one attached hydrogen (secondary N) is 1. The number of nitrogens with zero attached hydrogens (tertiary/aromatic N) is 3. The van der Waals surface area contributed by atoms with Crippen molar-refractivity contribution in [2.45, 2.75) is 24.9 Å². The number of rotatable bonds is 11. The van der Waals surface area contributed by atoms with Crippen molar-refractivity contribution < 1.29 is 27.3 Å². The molecule has 2 aromatic heterocycles. The number of methoxy groups -OCH3 is 1. The van der Waals surface area contributed by atoms with Crippen LogP contribution in [-0.4, -0.2) is 67.0 Å². The Kier molecular flexibility index (Phi) is 9.76. The minimum absolute atomic E-state index is 0.202. The van der Waals surface area contributed by atoms with Crippen molar-refractivity contribution in [1.29, 1.82) is 0 Å². The lowest BCUT2D eigenvalue weighted by atomic mass is 9.99. The van der Waals surface area contributed by atoms with Crippen molar-refractivity contribution in [1.82, 2.24) is 14.8 Å². The molecule has 0 radical (unpaired) electrons. The third-order valence-corrected chi connectivity index (χ3v) is 8.92. The lowest BCUT2D eigenvalue weighted by Gasteiger charge is -2.34. The SMILES string of the molecule is COC(=O)N(C)[C@@H](Cc1ccccc1)C(=O)N(C)[C@@H](Cc1ccc(NS(=O)(=O)O)cc1)c1csc(-c2cccs2)n1. The second-order valence-corrected chi connectivity index (χ2v) is 12.2. The van der Waals surface area contributed by atoms with Crippen molar-refractivity contribution >= 4 is 50.7 Å². The maximum atomic E-state index is 14.1. The van der Waals surface area contributed by atoms with Crippen LogP contribution < -0.4 is 4.72 Å². The quantitative estimate of drug-likeness (QED) is 0.224. The molecule has 2 aromatic carbocycles. The highest BCUT2D eigenvalue weighted by atomic mass is 32.2. The Bertz CT molecular complexity index is 1560. The number of hydrogen-bond acceptors (Lipinski definition) is 8. The highest BCUT2D eigenvalue weighted by Crippen LogP contribution is 2.33. The monoisotopic (exact) mass is 614 g/mol. The molecule has 0 saturated heterocycles. The number of carbonyl (C=O) groups excluding carboxylic acids is 2. The smallest absolute Gasteiger partial charge is 0.409 e. The molecule has 2 heterocycles. The second kappa shape index (κ2) is 13.3. The normalized spacial score (nSPS) is 12.8. The second-order valence-electron chi connectivity index (χ2n) is 9.28. The highest BCUT2D eigenvalue weighted by Gasteiger charge is 2.34. The van der Waals surface area contributed by atoms with Crippen LogP contribution in [-0.2, 0) is 32.7 Å². The zero-order valence-electron chi connectivity index (χ0n) is 22.6. The largest absolute Gasteiger partial charge is 0.453 e. The first-order valence-electron chi connectivity index (χ1n) is 12.5. The molecule has 0 fully saturated rings. The summed E-state index contributed by atoms with van der Waals surface area (Å²) in [7, 11) is 0.0993. The van der Waals surface area contributed by atoms with Gasteiger partial charge in [-0.25, -0.2) is 9.78 Å². The van der Waals surface area contributed by atoms with Gasteiger partial charge in [0, 0.05) is 25.9 Å². The van der Waals surface area contributed by atoms with E-state index >= 15 is 0 Å². The van der Waals surface area contributed by atoms with Crippen LogP contribution in [0.4, 0.5) is 10.5 Å². The fourth-order valence-corrected chi connectivity index (χ4v) is 6.48. The Hall–Kier alpha value is -3.78. The van der Waals surface area contributed by atoms with Gasteiger partial charge in [-0.2, -0.15) is 8.42 Å². The van der Waals surface area contributed by atoms with Gasteiger partial charge in [-0.1, -0.05) is 48.5 Å². The summed E-state index contributed by atoms with van der Waals surface area (Å²) in [6.07, 6.45) is 0.0255. The van der Waals surface area contributed by atoms with E-state index in [0.717, 1.165) is 21.0 Å². The topological polar surface area (TPSA) is 129 Å². The van der Waals surface area contributed by atoms with Gasteiger partial charge in [0.15, 0.2) is 0 Å². The summed E-state index contributed by atoms with van der Waals surface area (Å²) in [5, 5.41) is 4.73. The Balaban J connectivity index is 1.67. The molecule has 0 saturated carbocycles. The number of benzene rings is 2. The van der Waals surface area contributed by atoms with Gasteiger partial charge >= 0.3 is 16.4 Å². The first-order chi connectivity index (χ1) is 19.6. The summed E-state index contributed by atoms with van der Waals surface area (Å²) in [6.45, 7) is 0. The van der Waals surface area contributed by atoms with E-state index in [1.54, 1.807) is 42.5 Å². The lowest BCUT2D eigenvalue weighted by Crippen LogP contribution is -2.50. The van der Waals surface area contributed by atoms with Crippen molar-refractivity contribution in [3.8, 4) is 9.88 Å². The van der Waals surface area contributed by atoms with Crippen LogP contribution in [0.25, 0.3) is 9.88 Å². The summed E-state index contributed by atoms with van der Waals surface area (Å²) in [5.41, 5.74) is 2.59. The Morgan fingerprint density at radius 1 is 0.951 bits per heavy atom. The van der Waals surface area contributed by atoms with Crippen LogP contribution in [0.1, 0.15) is 22.9 Å². The Labute approximate surface area is 247 Å². The van der Waals surface area contributed by atoms with Crippen molar-refractivity contribution in [3.05, 3.63) is 94.3 Å². The molecule has 4 aromatic rings. The molecular formula is C28H30N4O6S3. The molecule has 0 aliphatic rings. The van der Waals surface area contributed by atoms with Crippen LogP contribution in [0.15, 0.2) is 77.5 Å². The van der Waals surface area contributed by atoms with E-state index in [-0.39, 0.29) is 18.0 Å². The van der Waals surface area contributed by atoms with Gasteiger partial charge in [0.2, 0.25) is 5.91 Å². The Morgan fingerprint density at radius 2 is 1.63 bits per heavy atom. The molecule has 0 bridgehead atoms. The molecule has 2 amide bonds. The van der Waals surface area contributed by atoms with E-state index in [2.05, 4.69) is 0 Å². The summed E-state index contributed by atoms with van der Waals surface area (Å²) in [5.74, 6) is -0.290. The van der Waals surface area contributed by atoms with Gasteiger partial charge in [-0.05, 0) is 41.1 Å². The first-order valence-corrected chi connectivity index (χ1v) is 15.7. The number of ether oxygens (including phenoxy) is 1. The van der Waals surface area contributed by atoms with Crippen LogP contribution in [0, 0.1) is 0 Å². The fourth-order valence-electron chi connectivity index (χ4n) is 4.36. The van der Waals surface area contributed by atoms with Gasteiger partial charge in [0.05, 0.1) is 29.4 Å². The molecule has 2 atom stereocenters. The zero-order chi connectivity index (χ0) is 29.6. The number of hydrogen-bond donors (Lipinski definition) is 2. The predicted molar refractivity (Wildman–Crippen MR) is 160 cm³/mol.